The lowest BCUT2D eigenvalue weighted by Gasteiger charge is -2.06. The molecule has 6 nitrogen and oxygen atoms in total. The Morgan fingerprint density at radius 3 is 1.33 bits per heavy atom. The molecule has 0 radical (unpaired) electrons. The highest BCUT2D eigenvalue weighted by Crippen LogP contribution is 2.23. The van der Waals surface area contributed by atoms with Gasteiger partial charge >= 0.3 is 0 Å². The van der Waals surface area contributed by atoms with Gasteiger partial charge in [0.05, 0.1) is 0 Å². The number of anilines is 2. The number of nitrogen functional groups attached to an aromatic ring is 2. The smallest absolute Gasteiger partial charge is 0.129 e. The van der Waals surface area contributed by atoms with Crippen LogP contribution in [-0.2, 0) is 0 Å². The number of hydrogen-bond donors (Lipinski definition) is 2. The van der Waals surface area contributed by atoms with Gasteiger partial charge < -0.3 is 11.5 Å². The summed E-state index contributed by atoms with van der Waals surface area (Å²) in [6.07, 6.45) is 9.10. The number of hydrogen-bond acceptors (Lipinski definition) is 6. The predicted octanol–water partition coefficient (Wildman–Crippen LogP) is 2.82. The minimum absolute atomic E-state index is 0.0186. The molecule has 0 aromatic heterocycles. The first-order valence-electron chi connectivity index (χ1n) is 6.61. The van der Waals surface area contributed by atoms with Crippen molar-refractivity contribution in [1.29, 1.82) is 21.0 Å². The summed E-state index contributed by atoms with van der Waals surface area (Å²) < 4.78 is 0. The molecule has 0 aliphatic rings. The maximum Gasteiger partial charge on any atom is 0.129 e. The quantitative estimate of drug-likeness (QED) is 0.496. The lowest BCUT2D eigenvalue weighted by atomic mass is 10.1. The first-order chi connectivity index (χ1) is 11.5. The molecule has 0 aliphatic carbocycles. The standard InChI is InChI=1S/C18H12N6/c19-9-13(10-20)3-1-5-15-7-18(24)16(8-17(15)23)6-2-4-14(11-21)12-22/h1-8H,23-24H2/b5-1+,6-2+. The molecule has 0 saturated carbocycles. The second-order valence-electron chi connectivity index (χ2n) is 4.44. The van der Waals surface area contributed by atoms with E-state index < -0.39 is 0 Å². The van der Waals surface area contributed by atoms with Gasteiger partial charge in [-0.3, -0.25) is 0 Å². The van der Waals surface area contributed by atoms with Crippen molar-refractivity contribution in [3.63, 3.8) is 0 Å². The van der Waals surface area contributed by atoms with Gasteiger partial charge in [0.2, 0.25) is 0 Å². The Labute approximate surface area is 139 Å². The van der Waals surface area contributed by atoms with Gasteiger partial charge in [-0.1, -0.05) is 24.3 Å². The summed E-state index contributed by atoms with van der Waals surface area (Å²) >= 11 is 0. The van der Waals surface area contributed by atoms with E-state index in [1.807, 2.05) is 0 Å². The maximum absolute atomic E-state index is 8.64. The number of nitrogens with two attached hydrogens (primary N) is 2. The summed E-state index contributed by atoms with van der Waals surface area (Å²) in [5.41, 5.74) is 14.0. The Morgan fingerprint density at radius 2 is 1.04 bits per heavy atom. The molecule has 0 spiro atoms. The van der Waals surface area contributed by atoms with E-state index in [0.717, 1.165) is 0 Å². The molecule has 1 aromatic rings. The average molecular weight is 312 g/mol. The Morgan fingerprint density at radius 1 is 0.708 bits per heavy atom. The van der Waals surface area contributed by atoms with E-state index in [-0.39, 0.29) is 11.1 Å². The van der Waals surface area contributed by atoms with Crippen LogP contribution >= 0.6 is 0 Å². The molecule has 4 N–H and O–H groups in total. The average Bonchev–Trinajstić information content (AvgIpc) is 2.59. The van der Waals surface area contributed by atoms with Crippen LogP contribution in [-0.4, -0.2) is 0 Å². The molecule has 0 atom stereocenters. The van der Waals surface area contributed by atoms with Crippen molar-refractivity contribution in [1.82, 2.24) is 0 Å². The van der Waals surface area contributed by atoms with Crippen LogP contribution < -0.4 is 11.5 Å². The van der Waals surface area contributed by atoms with Crippen LogP contribution in [0.1, 0.15) is 11.1 Å². The van der Waals surface area contributed by atoms with Gasteiger partial charge in [-0.25, -0.2) is 0 Å². The molecule has 0 aliphatic heterocycles. The van der Waals surface area contributed by atoms with Crippen LogP contribution in [0.3, 0.4) is 0 Å². The van der Waals surface area contributed by atoms with E-state index in [9.17, 15) is 0 Å². The van der Waals surface area contributed by atoms with E-state index in [1.54, 1.807) is 48.6 Å². The zero-order valence-corrected chi connectivity index (χ0v) is 12.6. The van der Waals surface area contributed by atoms with Gasteiger partial charge in [0.1, 0.15) is 35.4 Å². The van der Waals surface area contributed by atoms with Crippen molar-refractivity contribution in [2.75, 3.05) is 11.5 Å². The lowest BCUT2D eigenvalue weighted by molar-refractivity contribution is 1.46. The Hall–Kier alpha value is -4.26. The Kier molecular flexibility index (Phi) is 6.60. The second-order valence-corrected chi connectivity index (χ2v) is 4.44. The minimum Gasteiger partial charge on any atom is -0.398 e. The van der Waals surface area contributed by atoms with E-state index in [4.69, 9.17) is 32.5 Å². The molecule has 0 heterocycles. The van der Waals surface area contributed by atoms with Crippen molar-refractivity contribution in [3.8, 4) is 24.3 Å². The first kappa shape index (κ1) is 17.8. The van der Waals surface area contributed by atoms with Gasteiger partial charge in [0.25, 0.3) is 0 Å². The molecule has 0 fully saturated rings. The second kappa shape index (κ2) is 8.90. The molecule has 0 bridgehead atoms. The summed E-state index contributed by atoms with van der Waals surface area (Å²) in [5, 5.41) is 34.6. The van der Waals surface area contributed by atoms with E-state index in [0.29, 0.717) is 22.5 Å². The molecular weight excluding hydrogens is 300 g/mol. The molecule has 114 valence electrons. The Balaban J connectivity index is 3.08. The van der Waals surface area contributed by atoms with Crippen LogP contribution in [0, 0.1) is 45.3 Å². The number of nitriles is 4. The third-order valence-corrected chi connectivity index (χ3v) is 2.85. The molecular formula is C18H12N6. The van der Waals surface area contributed by atoms with E-state index >= 15 is 0 Å². The summed E-state index contributed by atoms with van der Waals surface area (Å²) in [7, 11) is 0. The molecule has 0 unspecified atom stereocenters. The largest absolute Gasteiger partial charge is 0.398 e. The van der Waals surface area contributed by atoms with E-state index in [1.165, 1.54) is 24.3 Å². The fourth-order valence-corrected chi connectivity index (χ4v) is 1.65. The van der Waals surface area contributed by atoms with Gasteiger partial charge in [-0.2, -0.15) is 21.0 Å². The fraction of sp³-hybridized carbons (Fsp3) is 0. The van der Waals surface area contributed by atoms with Gasteiger partial charge in [-0.05, 0) is 35.4 Å². The molecule has 1 aromatic carbocycles. The predicted molar refractivity (Wildman–Crippen MR) is 92.0 cm³/mol. The van der Waals surface area contributed by atoms with Crippen LogP contribution in [0.2, 0.25) is 0 Å². The van der Waals surface area contributed by atoms with Crippen molar-refractivity contribution in [3.05, 3.63) is 58.7 Å². The Bertz CT molecular complexity index is 809. The van der Waals surface area contributed by atoms with Crippen molar-refractivity contribution >= 4 is 23.5 Å². The SMILES string of the molecule is N#CC(C#N)=C/C=C/c1cc(N)c(/C=C/C=C(C#N)C#N)cc1N. The zero-order valence-electron chi connectivity index (χ0n) is 12.6. The third kappa shape index (κ3) is 4.93. The number of nitrogens with zero attached hydrogens (tertiary/aromatic N) is 4. The van der Waals surface area contributed by atoms with Gasteiger partial charge in [0, 0.05) is 11.4 Å². The summed E-state index contributed by atoms with van der Waals surface area (Å²) in [4.78, 5) is 0. The van der Waals surface area contributed by atoms with Crippen LogP contribution in [0.25, 0.3) is 12.2 Å². The van der Waals surface area contributed by atoms with Crippen LogP contribution in [0.4, 0.5) is 11.4 Å². The molecule has 6 heteroatoms. The van der Waals surface area contributed by atoms with Crippen molar-refractivity contribution in [2.45, 2.75) is 0 Å². The maximum atomic E-state index is 8.64. The lowest BCUT2D eigenvalue weighted by Crippen LogP contribution is -1.96. The summed E-state index contributed by atoms with van der Waals surface area (Å²) in [5.74, 6) is 0. The fourth-order valence-electron chi connectivity index (χ4n) is 1.65. The van der Waals surface area contributed by atoms with Gasteiger partial charge in [-0.15, -0.1) is 0 Å². The number of benzene rings is 1. The zero-order chi connectivity index (χ0) is 17.9. The highest BCUT2D eigenvalue weighted by atomic mass is 14.6. The van der Waals surface area contributed by atoms with Gasteiger partial charge in [0.15, 0.2) is 0 Å². The highest BCUT2D eigenvalue weighted by Gasteiger charge is 2.01. The third-order valence-electron chi connectivity index (χ3n) is 2.85. The number of rotatable bonds is 4. The highest BCUT2D eigenvalue weighted by molar-refractivity contribution is 5.77. The van der Waals surface area contributed by atoms with Crippen LogP contribution in [0.15, 0.2) is 47.6 Å². The molecule has 0 amide bonds. The first-order valence-corrected chi connectivity index (χ1v) is 6.61. The summed E-state index contributed by atoms with van der Waals surface area (Å²) in [6, 6.07) is 10.3. The monoisotopic (exact) mass is 312 g/mol. The molecule has 24 heavy (non-hydrogen) atoms. The normalized spacial score (nSPS) is 9.50. The van der Waals surface area contributed by atoms with Crippen LogP contribution in [0.5, 0.6) is 0 Å². The topological polar surface area (TPSA) is 147 Å². The van der Waals surface area contributed by atoms with Crippen molar-refractivity contribution in [2.24, 2.45) is 0 Å². The molecule has 0 saturated heterocycles. The molecule has 1 rings (SSSR count). The number of allylic oxidation sites excluding steroid dienone is 6. The van der Waals surface area contributed by atoms with E-state index in [2.05, 4.69) is 0 Å². The summed E-state index contributed by atoms with van der Waals surface area (Å²) in [6.45, 7) is 0. The minimum atomic E-state index is -0.0186. The van der Waals surface area contributed by atoms with Crippen molar-refractivity contribution < 1.29 is 0 Å².